The van der Waals surface area contributed by atoms with Gasteiger partial charge in [0.1, 0.15) is 0 Å². The van der Waals surface area contributed by atoms with E-state index >= 15 is 0 Å². The van der Waals surface area contributed by atoms with Gasteiger partial charge in [0.25, 0.3) is 0 Å². The largest absolute Gasteiger partial charge is 1.00 e. The number of rotatable bonds is 3. The molecule has 0 bridgehead atoms. The SMILES string of the molecule is O=C(O)C(=O)O.O=C=NSSN=C=O.O=P([O-])(F)F.[K+]. The van der Waals surface area contributed by atoms with Gasteiger partial charge in [0.2, 0.25) is 12.2 Å². The number of carboxylic acids is 2. The van der Waals surface area contributed by atoms with Crippen molar-refractivity contribution in [1.29, 1.82) is 0 Å². The van der Waals surface area contributed by atoms with E-state index in [1.807, 2.05) is 0 Å². The van der Waals surface area contributed by atoms with Gasteiger partial charge in [-0.2, -0.15) is 8.39 Å². The third-order valence-electron chi connectivity index (χ3n) is 0.365. The van der Waals surface area contributed by atoms with Gasteiger partial charge in [0.05, 0.1) is 22.0 Å². The van der Waals surface area contributed by atoms with Crippen LogP contribution < -0.4 is 56.3 Å². The Bertz CT molecular complexity index is 396. The zero-order chi connectivity index (χ0) is 15.9. The molecule has 0 unspecified atom stereocenters. The van der Waals surface area contributed by atoms with E-state index in [0.717, 1.165) is 22.0 Å². The van der Waals surface area contributed by atoms with Gasteiger partial charge in [0, 0.05) is 0 Å². The van der Waals surface area contributed by atoms with Gasteiger partial charge in [0.15, 0.2) is 0 Å². The Morgan fingerprint density at radius 1 is 1.05 bits per heavy atom. The molecular formula is C4H2F2KN2O8PS2. The van der Waals surface area contributed by atoms with Crippen LogP contribution in [0.4, 0.5) is 8.39 Å². The first kappa shape index (κ1) is 28.3. The van der Waals surface area contributed by atoms with E-state index in [4.69, 9.17) is 29.3 Å². The van der Waals surface area contributed by atoms with Crippen LogP contribution in [0, 0.1) is 0 Å². The summed E-state index contributed by atoms with van der Waals surface area (Å²) in [6.45, 7) is 0. The van der Waals surface area contributed by atoms with Crippen molar-refractivity contribution >= 4 is 54.0 Å². The number of hydrogen-bond acceptors (Lipinski definition) is 10. The average Bonchev–Trinajstić information content (AvgIpc) is 2.23. The van der Waals surface area contributed by atoms with Crippen molar-refractivity contribution in [1.82, 2.24) is 0 Å². The van der Waals surface area contributed by atoms with Crippen molar-refractivity contribution in [2.24, 2.45) is 8.80 Å². The molecule has 2 N–H and O–H groups in total. The molecule has 0 atom stereocenters. The normalized spacial score (nSPS) is 7.75. The smallest absolute Gasteiger partial charge is 0.749 e. The number of carbonyl (C=O) groups is 2. The van der Waals surface area contributed by atoms with Crippen LogP contribution in [0.1, 0.15) is 0 Å². The number of carbonyl (C=O) groups excluding carboxylic acids is 2. The Labute approximate surface area is 159 Å². The predicted octanol–water partition coefficient (Wildman–Crippen LogP) is -2.58. The maximum absolute atomic E-state index is 10.0. The third kappa shape index (κ3) is 64.0. The molecule has 0 saturated carbocycles. The number of isocyanates is 2. The van der Waals surface area contributed by atoms with Crippen LogP contribution in [0.2, 0.25) is 0 Å². The van der Waals surface area contributed by atoms with E-state index in [0.29, 0.717) is 0 Å². The summed E-state index contributed by atoms with van der Waals surface area (Å²) in [6.07, 6.45) is 2.51. The molecule has 0 aliphatic carbocycles. The summed E-state index contributed by atoms with van der Waals surface area (Å²) >= 11 is 0. The molecule has 0 saturated heterocycles. The van der Waals surface area contributed by atoms with E-state index < -0.39 is 19.9 Å². The second-order valence-electron chi connectivity index (χ2n) is 1.54. The van der Waals surface area contributed by atoms with Gasteiger partial charge in [-0.05, 0) is 0 Å². The van der Waals surface area contributed by atoms with Crippen molar-refractivity contribution in [2.45, 2.75) is 0 Å². The molecule has 0 spiro atoms. The standard InChI is InChI=1S/C2N2O2S2.C2H2O4.F2HO2P.K/c5-1-3-7-8-4-2-6;3-1(4)2(5)6;1-5(2,3)4;/h;(H,3,4)(H,5,6);(H,3,4);/q;;;+1/p-1. The molecule has 0 aromatic rings. The van der Waals surface area contributed by atoms with Crippen molar-refractivity contribution < 1.29 is 98.6 Å². The Morgan fingerprint density at radius 3 is 1.35 bits per heavy atom. The fraction of sp³-hybridized carbons (Fsp3) is 0. The molecule has 16 heteroatoms. The van der Waals surface area contributed by atoms with Gasteiger partial charge < -0.3 is 15.1 Å². The Hall–Kier alpha value is 0.0864. The number of hydrogen-bond donors (Lipinski definition) is 2. The van der Waals surface area contributed by atoms with Gasteiger partial charge in [-0.25, -0.2) is 19.2 Å². The van der Waals surface area contributed by atoms with Crippen LogP contribution in [0.5, 0.6) is 0 Å². The van der Waals surface area contributed by atoms with Gasteiger partial charge in [-0.15, -0.1) is 8.80 Å². The number of aliphatic carboxylic acids is 2. The molecule has 0 rings (SSSR count). The minimum atomic E-state index is -5.89. The topological polar surface area (TPSA) is 174 Å². The quantitative estimate of drug-likeness (QED) is 0.0776. The maximum atomic E-state index is 10.0. The first-order valence-electron chi connectivity index (χ1n) is 3.20. The molecule has 0 radical (unpaired) electrons. The monoisotopic (exact) mass is 378 g/mol. The first-order chi connectivity index (χ1) is 8.56. The summed E-state index contributed by atoms with van der Waals surface area (Å²) in [4.78, 5) is 45.1. The zero-order valence-electron chi connectivity index (χ0n) is 9.26. The minimum absolute atomic E-state index is 0. The fourth-order valence-electron chi connectivity index (χ4n) is 0.0638. The third-order valence-corrected chi connectivity index (χ3v) is 1.38. The molecule has 0 aromatic carbocycles. The van der Waals surface area contributed by atoms with Crippen molar-refractivity contribution in [3.05, 3.63) is 0 Å². The van der Waals surface area contributed by atoms with Crippen molar-refractivity contribution in [3.8, 4) is 0 Å². The number of nitrogens with zero attached hydrogens (tertiary/aromatic N) is 2. The van der Waals surface area contributed by atoms with Crippen LogP contribution in [0.3, 0.4) is 0 Å². The molecule has 0 heterocycles. The molecule has 108 valence electrons. The Balaban J connectivity index is -0.0000000966. The summed E-state index contributed by atoms with van der Waals surface area (Å²) < 4.78 is 34.4. The molecule has 20 heavy (non-hydrogen) atoms. The molecule has 0 aliphatic heterocycles. The van der Waals surface area contributed by atoms with Crippen LogP contribution in [0.25, 0.3) is 0 Å². The molecular weight excluding hydrogens is 376 g/mol. The van der Waals surface area contributed by atoms with E-state index in [1.54, 1.807) is 0 Å². The van der Waals surface area contributed by atoms with E-state index in [2.05, 4.69) is 8.80 Å². The van der Waals surface area contributed by atoms with Crippen LogP contribution in [-0.4, -0.2) is 34.3 Å². The number of carboxylic acid groups (broad SMARTS) is 2. The van der Waals surface area contributed by atoms with Crippen LogP contribution in [-0.2, 0) is 23.7 Å². The second kappa shape index (κ2) is 19.1. The molecule has 10 nitrogen and oxygen atoms in total. The Kier molecular flexibility index (Phi) is 27.0. The summed E-state index contributed by atoms with van der Waals surface area (Å²) in [5, 5.41) is 14.8. The van der Waals surface area contributed by atoms with Crippen molar-refractivity contribution in [2.75, 3.05) is 0 Å². The molecule has 0 aliphatic rings. The zero-order valence-corrected chi connectivity index (χ0v) is 14.9. The maximum Gasteiger partial charge on any atom is 1.00 e. The van der Waals surface area contributed by atoms with Crippen LogP contribution >= 0.6 is 30.0 Å². The predicted molar refractivity (Wildman–Crippen MR) is 56.5 cm³/mol. The Morgan fingerprint density at radius 2 is 1.25 bits per heavy atom. The summed E-state index contributed by atoms with van der Waals surface area (Å²) in [5.74, 6) is -3.65. The summed E-state index contributed by atoms with van der Waals surface area (Å²) in [6, 6.07) is 0. The van der Waals surface area contributed by atoms with Gasteiger partial charge in [-0.1, -0.05) is 0 Å². The molecule has 0 fully saturated rings. The minimum Gasteiger partial charge on any atom is -0.749 e. The second-order valence-corrected chi connectivity index (χ2v) is 3.93. The molecule has 0 amide bonds. The number of halogens is 2. The summed E-state index contributed by atoms with van der Waals surface area (Å²) in [7, 11) is -4.36. The first-order valence-corrected chi connectivity index (χ1v) is 6.67. The van der Waals surface area contributed by atoms with E-state index in [-0.39, 0.29) is 51.4 Å². The van der Waals surface area contributed by atoms with E-state index in [9.17, 15) is 18.0 Å². The molecule has 0 aromatic heterocycles. The average molecular weight is 378 g/mol. The van der Waals surface area contributed by atoms with Crippen molar-refractivity contribution in [3.63, 3.8) is 0 Å². The summed E-state index contributed by atoms with van der Waals surface area (Å²) in [5.41, 5.74) is 0. The van der Waals surface area contributed by atoms with E-state index in [1.165, 1.54) is 12.2 Å². The van der Waals surface area contributed by atoms with Crippen LogP contribution in [0.15, 0.2) is 8.80 Å². The van der Waals surface area contributed by atoms with Gasteiger partial charge in [-0.3, -0.25) is 4.57 Å². The fourth-order valence-corrected chi connectivity index (χ4v) is 0.574. The van der Waals surface area contributed by atoms with Gasteiger partial charge >= 0.3 is 71.3 Å².